The largest absolute Gasteiger partial charge is 0.377 e. The Morgan fingerprint density at radius 1 is 1.45 bits per heavy atom. The van der Waals surface area contributed by atoms with E-state index in [1.54, 1.807) is 0 Å². The van der Waals surface area contributed by atoms with Gasteiger partial charge in [-0.3, -0.25) is 0 Å². The highest BCUT2D eigenvalue weighted by molar-refractivity contribution is 6.30. The van der Waals surface area contributed by atoms with Gasteiger partial charge in [0, 0.05) is 30.6 Å². The first-order valence-electron chi connectivity index (χ1n) is 7.11. The van der Waals surface area contributed by atoms with Gasteiger partial charge in [-0.1, -0.05) is 29.8 Å². The summed E-state index contributed by atoms with van der Waals surface area (Å²) >= 11 is 6.29. The lowest BCUT2D eigenvalue weighted by atomic mass is 10.1. The third-order valence-electron chi connectivity index (χ3n) is 3.79. The number of aryl methyl sites for hydroxylation is 1. The molecule has 1 aromatic heterocycles. The summed E-state index contributed by atoms with van der Waals surface area (Å²) in [4.78, 5) is 4.52. The van der Waals surface area contributed by atoms with Crippen molar-refractivity contribution in [2.24, 2.45) is 0 Å². The number of halogens is 1. The lowest BCUT2D eigenvalue weighted by molar-refractivity contribution is 0.110. The highest BCUT2D eigenvalue weighted by Gasteiger charge is 2.15. The van der Waals surface area contributed by atoms with Gasteiger partial charge in [-0.15, -0.1) is 0 Å². The summed E-state index contributed by atoms with van der Waals surface area (Å²) in [5.74, 6) is 0. The zero-order chi connectivity index (χ0) is 13.9. The minimum atomic E-state index is 0.351. The number of para-hydroxylation sites is 1. The van der Waals surface area contributed by atoms with E-state index in [1.165, 1.54) is 6.42 Å². The number of aromatic nitrogens is 1. The molecule has 1 aromatic carbocycles. The van der Waals surface area contributed by atoms with Crippen LogP contribution in [-0.2, 0) is 11.3 Å². The Bertz CT molecular complexity index is 609. The zero-order valence-electron chi connectivity index (χ0n) is 11.7. The van der Waals surface area contributed by atoms with E-state index in [9.17, 15) is 0 Å². The van der Waals surface area contributed by atoms with Crippen molar-refractivity contribution in [3.05, 3.63) is 40.5 Å². The summed E-state index contributed by atoms with van der Waals surface area (Å²) < 4.78 is 5.60. The summed E-state index contributed by atoms with van der Waals surface area (Å²) in [6, 6.07) is 8.31. The molecule has 20 heavy (non-hydrogen) atoms. The number of pyridine rings is 1. The number of hydrogen-bond donors (Lipinski definition) is 1. The Morgan fingerprint density at radius 3 is 3.15 bits per heavy atom. The minimum Gasteiger partial charge on any atom is -0.377 e. The van der Waals surface area contributed by atoms with Crippen molar-refractivity contribution in [1.82, 2.24) is 10.3 Å². The molecule has 1 saturated heterocycles. The fourth-order valence-electron chi connectivity index (χ4n) is 2.67. The second kappa shape index (κ2) is 6.08. The first-order valence-corrected chi connectivity index (χ1v) is 7.49. The Morgan fingerprint density at radius 2 is 2.35 bits per heavy atom. The van der Waals surface area contributed by atoms with E-state index < -0.39 is 0 Å². The van der Waals surface area contributed by atoms with Crippen LogP contribution in [0.25, 0.3) is 10.9 Å². The van der Waals surface area contributed by atoms with Gasteiger partial charge in [-0.25, -0.2) is 4.98 Å². The molecular weight excluding hydrogens is 272 g/mol. The monoisotopic (exact) mass is 290 g/mol. The van der Waals surface area contributed by atoms with Crippen LogP contribution in [0.1, 0.15) is 24.0 Å². The maximum atomic E-state index is 6.29. The van der Waals surface area contributed by atoms with Crippen LogP contribution in [0.5, 0.6) is 0 Å². The van der Waals surface area contributed by atoms with Crippen molar-refractivity contribution < 1.29 is 4.74 Å². The summed E-state index contributed by atoms with van der Waals surface area (Å²) in [5.41, 5.74) is 3.19. The molecule has 0 aliphatic carbocycles. The van der Waals surface area contributed by atoms with Gasteiger partial charge in [0.25, 0.3) is 0 Å². The van der Waals surface area contributed by atoms with Gasteiger partial charge in [0.2, 0.25) is 0 Å². The second-order valence-corrected chi connectivity index (χ2v) is 5.71. The highest BCUT2D eigenvalue weighted by Crippen LogP contribution is 2.23. The summed E-state index contributed by atoms with van der Waals surface area (Å²) in [7, 11) is 0. The number of fused-ring (bicyclic) bond motifs is 1. The lowest BCUT2D eigenvalue weighted by Gasteiger charge is -2.12. The molecule has 2 aromatic rings. The van der Waals surface area contributed by atoms with Crippen LogP contribution in [0.3, 0.4) is 0 Å². The Balaban J connectivity index is 1.72. The first kappa shape index (κ1) is 13.8. The molecule has 2 heterocycles. The summed E-state index contributed by atoms with van der Waals surface area (Å²) in [6.45, 7) is 4.56. The summed E-state index contributed by atoms with van der Waals surface area (Å²) in [6.07, 6.45) is 2.67. The van der Waals surface area contributed by atoms with E-state index in [1.807, 2.05) is 0 Å². The number of benzene rings is 1. The number of ether oxygens (including phenoxy) is 1. The number of nitrogens with one attached hydrogen (secondary N) is 1. The molecule has 1 aliphatic rings. The van der Waals surface area contributed by atoms with Crippen LogP contribution in [0.15, 0.2) is 24.3 Å². The van der Waals surface area contributed by atoms with Crippen molar-refractivity contribution >= 4 is 22.5 Å². The molecule has 0 bridgehead atoms. The molecule has 0 amide bonds. The van der Waals surface area contributed by atoms with Crippen LogP contribution in [-0.4, -0.2) is 24.2 Å². The fraction of sp³-hybridized carbons (Fsp3) is 0.438. The van der Waals surface area contributed by atoms with E-state index in [2.05, 4.69) is 41.5 Å². The van der Waals surface area contributed by atoms with Crippen molar-refractivity contribution in [1.29, 1.82) is 0 Å². The third-order valence-corrected chi connectivity index (χ3v) is 4.11. The average molecular weight is 291 g/mol. The van der Waals surface area contributed by atoms with E-state index in [4.69, 9.17) is 16.3 Å². The van der Waals surface area contributed by atoms with Gasteiger partial charge in [-0.2, -0.15) is 0 Å². The van der Waals surface area contributed by atoms with Gasteiger partial charge in [0.05, 0.1) is 11.6 Å². The van der Waals surface area contributed by atoms with Gasteiger partial charge < -0.3 is 10.1 Å². The second-order valence-electron chi connectivity index (χ2n) is 5.35. The lowest BCUT2D eigenvalue weighted by Crippen LogP contribution is -2.26. The average Bonchev–Trinajstić information content (AvgIpc) is 2.94. The molecule has 1 fully saturated rings. The quantitative estimate of drug-likeness (QED) is 0.876. The Hall–Kier alpha value is -1.16. The molecule has 0 spiro atoms. The molecule has 0 radical (unpaired) electrons. The van der Waals surface area contributed by atoms with Gasteiger partial charge in [0.1, 0.15) is 5.15 Å². The van der Waals surface area contributed by atoms with E-state index in [0.29, 0.717) is 11.3 Å². The normalized spacial score (nSPS) is 18.8. The van der Waals surface area contributed by atoms with Crippen molar-refractivity contribution in [2.75, 3.05) is 13.2 Å². The molecule has 1 aliphatic heterocycles. The number of hydrogen-bond acceptors (Lipinski definition) is 3. The van der Waals surface area contributed by atoms with Crippen molar-refractivity contribution in [3.63, 3.8) is 0 Å². The van der Waals surface area contributed by atoms with Gasteiger partial charge in [-0.05, 0) is 31.4 Å². The maximum Gasteiger partial charge on any atom is 0.134 e. The maximum absolute atomic E-state index is 6.29. The molecule has 0 unspecified atom stereocenters. The molecule has 3 rings (SSSR count). The van der Waals surface area contributed by atoms with Crippen LogP contribution in [0, 0.1) is 6.92 Å². The highest BCUT2D eigenvalue weighted by atomic mass is 35.5. The number of rotatable bonds is 4. The van der Waals surface area contributed by atoms with Crippen LogP contribution < -0.4 is 5.32 Å². The molecular formula is C16H19ClN2O. The zero-order valence-corrected chi connectivity index (χ0v) is 12.4. The molecule has 4 heteroatoms. The SMILES string of the molecule is Cc1cccc2cc(CNC[C@H]3CCCO3)c(Cl)nc12. The van der Waals surface area contributed by atoms with Crippen LogP contribution in [0.2, 0.25) is 5.15 Å². The van der Waals surface area contributed by atoms with E-state index in [-0.39, 0.29) is 0 Å². The van der Waals surface area contributed by atoms with Crippen molar-refractivity contribution in [2.45, 2.75) is 32.4 Å². The number of nitrogens with zero attached hydrogens (tertiary/aromatic N) is 1. The molecule has 1 atom stereocenters. The van der Waals surface area contributed by atoms with E-state index >= 15 is 0 Å². The Kier molecular flexibility index (Phi) is 4.20. The fourth-order valence-corrected chi connectivity index (χ4v) is 2.87. The van der Waals surface area contributed by atoms with Crippen molar-refractivity contribution in [3.8, 4) is 0 Å². The third kappa shape index (κ3) is 2.95. The van der Waals surface area contributed by atoms with Crippen LogP contribution in [0.4, 0.5) is 0 Å². The topological polar surface area (TPSA) is 34.1 Å². The Labute approximate surface area is 124 Å². The molecule has 0 saturated carbocycles. The summed E-state index contributed by atoms with van der Waals surface area (Å²) in [5, 5.41) is 5.15. The van der Waals surface area contributed by atoms with Gasteiger partial charge >= 0.3 is 0 Å². The molecule has 1 N–H and O–H groups in total. The predicted molar refractivity (Wildman–Crippen MR) is 82.2 cm³/mol. The van der Waals surface area contributed by atoms with E-state index in [0.717, 1.165) is 48.1 Å². The van der Waals surface area contributed by atoms with Crippen LogP contribution >= 0.6 is 11.6 Å². The minimum absolute atomic E-state index is 0.351. The first-order chi connectivity index (χ1) is 9.74. The smallest absolute Gasteiger partial charge is 0.134 e. The van der Waals surface area contributed by atoms with Gasteiger partial charge in [0.15, 0.2) is 0 Å². The standard InChI is InChI=1S/C16H19ClN2O/c1-11-4-2-5-12-8-13(16(17)19-15(11)12)9-18-10-14-6-3-7-20-14/h2,4-5,8,14,18H,3,6-7,9-10H2,1H3/t14-/m1/s1. The molecule has 3 nitrogen and oxygen atoms in total. The molecule has 106 valence electrons. The predicted octanol–water partition coefficient (Wildman–Crippen LogP) is 3.47.